The number of esters is 1. The number of nitrogens with one attached hydrogen (secondary N) is 1. The van der Waals surface area contributed by atoms with Crippen LogP contribution in [-0.4, -0.2) is 35.6 Å². The molecule has 7 nitrogen and oxygen atoms in total. The highest BCUT2D eigenvalue weighted by Crippen LogP contribution is 2.26. The van der Waals surface area contributed by atoms with E-state index >= 15 is 0 Å². The number of anilines is 1. The van der Waals surface area contributed by atoms with Gasteiger partial charge >= 0.3 is 12.1 Å². The Morgan fingerprint density at radius 3 is 2.52 bits per heavy atom. The quantitative estimate of drug-likeness (QED) is 0.683. The molecule has 3 rings (SSSR count). The first-order valence-electron chi connectivity index (χ1n) is 9.05. The second-order valence-corrected chi connectivity index (χ2v) is 7.70. The van der Waals surface area contributed by atoms with Gasteiger partial charge in [0.05, 0.1) is 6.42 Å². The third-order valence-corrected chi connectivity index (χ3v) is 5.03. The van der Waals surface area contributed by atoms with Crippen molar-refractivity contribution in [3.63, 3.8) is 0 Å². The van der Waals surface area contributed by atoms with Gasteiger partial charge < -0.3 is 14.8 Å². The number of hydrogen-bond acceptors (Lipinski definition) is 5. The van der Waals surface area contributed by atoms with Gasteiger partial charge in [-0.1, -0.05) is 46.3 Å². The third kappa shape index (κ3) is 5.14. The van der Waals surface area contributed by atoms with Crippen LogP contribution in [0.2, 0.25) is 0 Å². The van der Waals surface area contributed by atoms with Gasteiger partial charge in [-0.3, -0.25) is 9.69 Å². The van der Waals surface area contributed by atoms with Gasteiger partial charge in [-0.25, -0.2) is 9.59 Å². The van der Waals surface area contributed by atoms with Crippen molar-refractivity contribution in [3.8, 4) is 0 Å². The molecule has 0 spiro atoms. The Morgan fingerprint density at radius 1 is 1.21 bits per heavy atom. The van der Waals surface area contributed by atoms with Crippen molar-refractivity contribution in [2.75, 3.05) is 12.0 Å². The van der Waals surface area contributed by atoms with E-state index in [0.29, 0.717) is 5.69 Å². The molecule has 2 amide bonds. The second kappa shape index (κ2) is 9.09. The molecule has 1 aliphatic heterocycles. The van der Waals surface area contributed by atoms with Crippen molar-refractivity contribution in [2.24, 2.45) is 0 Å². The lowest BCUT2D eigenvalue weighted by Crippen LogP contribution is -2.40. The number of hydrogen-bond donors (Lipinski definition) is 1. The number of ether oxygens (including phenoxy) is 2. The van der Waals surface area contributed by atoms with Gasteiger partial charge in [0.2, 0.25) is 5.91 Å². The minimum atomic E-state index is -1.02. The first-order chi connectivity index (χ1) is 13.8. The summed E-state index contributed by atoms with van der Waals surface area (Å²) in [6, 6.07) is 11.9. The summed E-state index contributed by atoms with van der Waals surface area (Å²) in [5.41, 5.74) is 3.28. The van der Waals surface area contributed by atoms with Crippen LogP contribution < -0.4 is 5.32 Å². The molecule has 2 aromatic carbocycles. The SMILES string of the molecule is Cc1cc(Br)cc(C)c1NC(=O)C[C@@H]1C(=O)OCN1C(=O)OCc1ccccc1. The maximum absolute atomic E-state index is 12.5. The highest BCUT2D eigenvalue weighted by atomic mass is 79.9. The van der Waals surface area contributed by atoms with Crippen molar-refractivity contribution < 1.29 is 23.9 Å². The summed E-state index contributed by atoms with van der Waals surface area (Å²) < 4.78 is 11.1. The summed E-state index contributed by atoms with van der Waals surface area (Å²) in [7, 11) is 0. The third-order valence-electron chi connectivity index (χ3n) is 4.57. The van der Waals surface area contributed by atoms with E-state index in [1.54, 1.807) is 0 Å². The Balaban J connectivity index is 1.63. The number of carbonyl (C=O) groups is 3. The molecule has 0 radical (unpaired) electrons. The molecule has 0 unspecified atom stereocenters. The number of cyclic esters (lactones) is 1. The Morgan fingerprint density at radius 2 is 1.86 bits per heavy atom. The van der Waals surface area contributed by atoms with Crippen LogP contribution >= 0.6 is 15.9 Å². The van der Waals surface area contributed by atoms with Crippen molar-refractivity contribution in [2.45, 2.75) is 32.9 Å². The van der Waals surface area contributed by atoms with Gasteiger partial charge in [-0.2, -0.15) is 0 Å². The first kappa shape index (κ1) is 20.9. The molecule has 1 heterocycles. The Hall–Kier alpha value is -2.87. The molecule has 152 valence electrons. The van der Waals surface area contributed by atoms with E-state index in [2.05, 4.69) is 21.2 Å². The number of carbonyl (C=O) groups excluding carboxylic acids is 3. The Bertz CT molecular complexity index is 909. The number of rotatable bonds is 5. The summed E-state index contributed by atoms with van der Waals surface area (Å²) in [6.07, 6.45) is -0.915. The van der Waals surface area contributed by atoms with E-state index in [1.165, 1.54) is 0 Å². The molecule has 1 N–H and O–H groups in total. The fourth-order valence-corrected chi connectivity index (χ4v) is 3.78. The molecule has 29 heavy (non-hydrogen) atoms. The first-order valence-corrected chi connectivity index (χ1v) is 9.85. The smallest absolute Gasteiger partial charge is 0.413 e. The molecule has 1 atom stereocenters. The number of nitrogens with zero attached hydrogens (tertiary/aromatic N) is 1. The largest absolute Gasteiger partial charge is 0.444 e. The fourth-order valence-electron chi connectivity index (χ4n) is 3.10. The predicted octanol–water partition coefficient (Wildman–Crippen LogP) is 3.92. The average molecular weight is 461 g/mol. The highest BCUT2D eigenvalue weighted by Gasteiger charge is 2.40. The molecule has 1 aliphatic rings. The number of aryl methyl sites for hydroxylation is 2. The van der Waals surface area contributed by atoms with Crippen molar-refractivity contribution in [1.29, 1.82) is 0 Å². The average Bonchev–Trinajstić information content (AvgIpc) is 3.04. The van der Waals surface area contributed by atoms with Crippen LogP contribution in [0.3, 0.4) is 0 Å². The number of halogens is 1. The summed E-state index contributed by atoms with van der Waals surface area (Å²) >= 11 is 3.42. The van der Waals surface area contributed by atoms with Crippen LogP contribution in [0.4, 0.5) is 10.5 Å². The van der Waals surface area contributed by atoms with Gasteiger partial charge in [-0.05, 0) is 42.7 Å². The van der Waals surface area contributed by atoms with E-state index in [-0.39, 0.29) is 25.7 Å². The van der Waals surface area contributed by atoms with Gasteiger partial charge in [0, 0.05) is 10.2 Å². The van der Waals surface area contributed by atoms with Crippen molar-refractivity contribution in [3.05, 3.63) is 63.6 Å². The van der Waals surface area contributed by atoms with Gasteiger partial charge in [0.1, 0.15) is 12.6 Å². The molecule has 0 saturated carbocycles. The molecule has 0 bridgehead atoms. The highest BCUT2D eigenvalue weighted by molar-refractivity contribution is 9.10. The van der Waals surface area contributed by atoms with E-state index < -0.39 is 18.1 Å². The number of benzene rings is 2. The van der Waals surface area contributed by atoms with Crippen LogP contribution in [0.15, 0.2) is 46.9 Å². The lowest BCUT2D eigenvalue weighted by atomic mass is 10.1. The lowest BCUT2D eigenvalue weighted by molar-refractivity contribution is -0.140. The van der Waals surface area contributed by atoms with E-state index in [9.17, 15) is 14.4 Å². The number of amides is 2. The normalized spacial score (nSPS) is 15.8. The maximum atomic E-state index is 12.5. The standard InChI is InChI=1S/C21H21BrN2O5/c1-13-8-16(22)9-14(2)19(13)23-18(25)10-17-20(26)29-12-24(17)21(27)28-11-15-6-4-3-5-7-15/h3-9,17H,10-12H2,1-2H3,(H,23,25)/t17-/m1/s1. The Kier molecular flexibility index (Phi) is 6.53. The second-order valence-electron chi connectivity index (χ2n) is 6.79. The minimum Gasteiger partial charge on any atom is -0.444 e. The van der Waals surface area contributed by atoms with Crippen LogP contribution in [0, 0.1) is 13.8 Å². The molecular formula is C21H21BrN2O5. The van der Waals surface area contributed by atoms with Crippen molar-refractivity contribution in [1.82, 2.24) is 4.90 Å². The topological polar surface area (TPSA) is 84.9 Å². The van der Waals surface area contributed by atoms with Crippen LogP contribution in [0.5, 0.6) is 0 Å². The van der Waals surface area contributed by atoms with E-state index in [0.717, 1.165) is 26.1 Å². The Labute approximate surface area is 177 Å². The fraction of sp³-hybridized carbons (Fsp3) is 0.286. The molecular weight excluding hydrogens is 440 g/mol. The van der Waals surface area contributed by atoms with E-state index in [4.69, 9.17) is 9.47 Å². The van der Waals surface area contributed by atoms with Crippen molar-refractivity contribution >= 4 is 39.6 Å². The minimum absolute atomic E-state index is 0.0700. The van der Waals surface area contributed by atoms with Crippen LogP contribution in [0.1, 0.15) is 23.1 Å². The van der Waals surface area contributed by atoms with Crippen LogP contribution in [-0.2, 0) is 25.7 Å². The molecule has 2 aromatic rings. The lowest BCUT2D eigenvalue weighted by Gasteiger charge is -2.20. The molecule has 8 heteroatoms. The molecule has 1 fully saturated rings. The maximum Gasteiger partial charge on any atom is 0.413 e. The van der Waals surface area contributed by atoms with Gasteiger partial charge in [0.15, 0.2) is 6.73 Å². The summed E-state index contributed by atoms with van der Waals surface area (Å²) in [5, 5.41) is 2.82. The zero-order valence-corrected chi connectivity index (χ0v) is 17.7. The van der Waals surface area contributed by atoms with Gasteiger partial charge in [0.25, 0.3) is 0 Å². The summed E-state index contributed by atoms with van der Waals surface area (Å²) in [5.74, 6) is -1.01. The molecule has 0 aliphatic carbocycles. The monoisotopic (exact) mass is 460 g/mol. The van der Waals surface area contributed by atoms with E-state index in [1.807, 2.05) is 56.3 Å². The summed E-state index contributed by atoms with van der Waals surface area (Å²) in [4.78, 5) is 38.1. The van der Waals surface area contributed by atoms with Crippen LogP contribution in [0.25, 0.3) is 0 Å². The summed E-state index contributed by atoms with van der Waals surface area (Å²) in [6.45, 7) is 3.59. The predicted molar refractivity (Wildman–Crippen MR) is 110 cm³/mol. The zero-order chi connectivity index (χ0) is 21.0. The van der Waals surface area contributed by atoms with Gasteiger partial charge in [-0.15, -0.1) is 0 Å². The molecule has 0 aromatic heterocycles. The zero-order valence-electron chi connectivity index (χ0n) is 16.1. The molecule has 1 saturated heterocycles.